The molecule has 1 unspecified atom stereocenters. The highest BCUT2D eigenvalue weighted by Gasteiger charge is 2.34. The highest BCUT2D eigenvalue weighted by Crippen LogP contribution is 2.37. The van der Waals surface area contributed by atoms with E-state index in [1.54, 1.807) is 0 Å². The van der Waals surface area contributed by atoms with Gasteiger partial charge in [0.1, 0.15) is 11.3 Å². The van der Waals surface area contributed by atoms with Gasteiger partial charge in [-0.15, -0.1) is 0 Å². The van der Waals surface area contributed by atoms with Crippen molar-refractivity contribution in [3.8, 4) is 11.3 Å². The number of likely N-dealkylation sites (tertiary alicyclic amines) is 1. The van der Waals surface area contributed by atoms with Crippen molar-refractivity contribution in [2.24, 2.45) is 5.92 Å². The fourth-order valence-corrected chi connectivity index (χ4v) is 4.73. The molecule has 1 aliphatic heterocycles. The first-order chi connectivity index (χ1) is 18.5. The Hall–Kier alpha value is -3.80. The number of piperidine rings is 1. The quantitative estimate of drug-likeness (QED) is 0.270. The molecule has 3 aromatic heterocycles. The highest BCUT2D eigenvalue weighted by molar-refractivity contribution is 5.89. The Balaban J connectivity index is 1.57. The molecule has 1 fully saturated rings. The molecule has 39 heavy (non-hydrogen) atoms. The van der Waals surface area contributed by atoms with Crippen LogP contribution in [0.1, 0.15) is 36.7 Å². The number of hydrogen-bond donors (Lipinski definition) is 1. The van der Waals surface area contributed by atoms with Gasteiger partial charge in [0, 0.05) is 30.2 Å². The minimum atomic E-state index is -4.62. The lowest BCUT2D eigenvalue weighted by atomic mass is 10.0. The number of anilines is 2. The van der Waals surface area contributed by atoms with Crippen LogP contribution < -0.4 is 5.32 Å². The molecule has 1 aromatic carbocycles. The Kier molecular flexibility index (Phi) is 7.15. The van der Waals surface area contributed by atoms with Crippen LogP contribution in [0.5, 0.6) is 0 Å². The molecule has 0 amide bonds. The molecular formula is C27H24F6N6. The summed E-state index contributed by atoms with van der Waals surface area (Å²) in [4.78, 5) is 19.7. The molecule has 1 saturated heterocycles. The summed E-state index contributed by atoms with van der Waals surface area (Å²) in [5, 5.41) is 3.01. The van der Waals surface area contributed by atoms with E-state index in [2.05, 4.69) is 37.1 Å². The maximum absolute atomic E-state index is 13.6. The predicted molar refractivity (Wildman–Crippen MR) is 134 cm³/mol. The van der Waals surface area contributed by atoms with E-state index < -0.39 is 23.5 Å². The third kappa shape index (κ3) is 6.11. The lowest BCUT2D eigenvalue weighted by Crippen LogP contribution is -2.34. The number of fused-ring (bicyclic) bond motifs is 1. The van der Waals surface area contributed by atoms with Crippen molar-refractivity contribution in [1.29, 1.82) is 0 Å². The summed E-state index contributed by atoms with van der Waals surface area (Å²) in [6.07, 6.45) is -4.42. The van der Waals surface area contributed by atoms with Gasteiger partial charge in [0.05, 0.1) is 28.9 Å². The van der Waals surface area contributed by atoms with Crippen LogP contribution in [-0.4, -0.2) is 37.9 Å². The summed E-state index contributed by atoms with van der Waals surface area (Å²) in [6, 6.07) is 8.10. The number of rotatable bonds is 5. The summed E-state index contributed by atoms with van der Waals surface area (Å²) < 4.78 is 79.9. The Morgan fingerprint density at radius 3 is 2.44 bits per heavy atom. The van der Waals surface area contributed by atoms with Gasteiger partial charge in [0.15, 0.2) is 5.82 Å². The molecule has 1 atom stereocenters. The molecule has 6 nitrogen and oxygen atoms in total. The van der Waals surface area contributed by atoms with Gasteiger partial charge in [0.2, 0.25) is 0 Å². The zero-order valence-corrected chi connectivity index (χ0v) is 20.8. The topological polar surface area (TPSA) is 66.8 Å². The number of aromatic nitrogens is 4. The third-order valence-corrected chi connectivity index (χ3v) is 6.55. The Bertz CT molecular complexity index is 1470. The highest BCUT2D eigenvalue weighted by atomic mass is 19.4. The predicted octanol–water partition coefficient (Wildman–Crippen LogP) is 7.10. The molecule has 12 heteroatoms. The Morgan fingerprint density at radius 2 is 1.74 bits per heavy atom. The molecule has 1 aliphatic rings. The second kappa shape index (κ2) is 10.4. The smallest absolute Gasteiger partial charge is 0.338 e. The SMILES string of the molecule is CC1CCCN(Cc2nc(Nc3ccc(C(F)(F)F)cc3)c3ncc(-c4ncccc4C(F)(F)F)cc3n2)C1. The van der Waals surface area contributed by atoms with E-state index in [4.69, 9.17) is 0 Å². The minimum absolute atomic E-state index is 0.132. The first-order valence-electron chi connectivity index (χ1n) is 12.3. The third-order valence-electron chi connectivity index (χ3n) is 6.55. The van der Waals surface area contributed by atoms with Crippen molar-refractivity contribution >= 4 is 22.5 Å². The van der Waals surface area contributed by atoms with Gasteiger partial charge in [-0.2, -0.15) is 26.3 Å². The normalized spacial score (nSPS) is 16.9. The molecule has 0 radical (unpaired) electrons. The van der Waals surface area contributed by atoms with Gasteiger partial charge >= 0.3 is 12.4 Å². The van der Waals surface area contributed by atoms with Crippen LogP contribution in [0.25, 0.3) is 22.3 Å². The summed E-state index contributed by atoms with van der Waals surface area (Å²) >= 11 is 0. The van der Waals surface area contributed by atoms with Gasteiger partial charge in [-0.1, -0.05) is 6.92 Å². The van der Waals surface area contributed by atoms with E-state index in [-0.39, 0.29) is 28.1 Å². The van der Waals surface area contributed by atoms with Crippen LogP contribution in [0.2, 0.25) is 0 Å². The van der Waals surface area contributed by atoms with Crippen LogP contribution >= 0.6 is 0 Å². The second-order valence-corrected chi connectivity index (χ2v) is 9.66. The van der Waals surface area contributed by atoms with E-state index in [0.29, 0.717) is 24.0 Å². The van der Waals surface area contributed by atoms with Gasteiger partial charge in [-0.05, 0) is 67.8 Å². The first kappa shape index (κ1) is 26.8. The molecule has 4 aromatic rings. The van der Waals surface area contributed by atoms with E-state index in [0.717, 1.165) is 44.1 Å². The summed E-state index contributed by atoms with van der Waals surface area (Å²) in [7, 11) is 0. The van der Waals surface area contributed by atoms with Gasteiger partial charge in [-0.25, -0.2) is 15.0 Å². The number of nitrogens with zero attached hydrogens (tertiary/aromatic N) is 5. The lowest BCUT2D eigenvalue weighted by molar-refractivity contribution is -0.138. The number of hydrogen-bond acceptors (Lipinski definition) is 6. The van der Waals surface area contributed by atoms with Crippen LogP contribution in [0.15, 0.2) is 54.9 Å². The van der Waals surface area contributed by atoms with Crippen molar-refractivity contribution in [2.45, 2.75) is 38.7 Å². The fourth-order valence-electron chi connectivity index (χ4n) is 4.73. The van der Waals surface area contributed by atoms with Crippen molar-refractivity contribution in [1.82, 2.24) is 24.8 Å². The molecule has 0 spiro atoms. The number of pyridine rings is 2. The monoisotopic (exact) mass is 546 g/mol. The van der Waals surface area contributed by atoms with Crippen LogP contribution in [0.4, 0.5) is 37.8 Å². The average Bonchev–Trinajstić information content (AvgIpc) is 2.88. The molecule has 0 aliphatic carbocycles. The number of nitrogens with one attached hydrogen (secondary N) is 1. The average molecular weight is 547 g/mol. The van der Waals surface area contributed by atoms with Crippen molar-refractivity contribution in [3.05, 3.63) is 71.8 Å². The van der Waals surface area contributed by atoms with E-state index in [1.807, 2.05) is 0 Å². The van der Waals surface area contributed by atoms with Crippen LogP contribution in [-0.2, 0) is 18.9 Å². The molecule has 0 bridgehead atoms. The Labute approximate surface area is 220 Å². The molecule has 4 heterocycles. The Morgan fingerprint density at radius 1 is 0.974 bits per heavy atom. The number of alkyl halides is 6. The summed E-state index contributed by atoms with van der Waals surface area (Å²) in [6.45, 7) is 4.27. The van der Waals surface area contributed by atoms with Crippen molar-refractivity contribution in [3.63, 3.8) is 0 Å². The molecule has 5 rings (SSSR count). The summed E-state index contributed by atoms with van der Waals surface area (Å²) in [5.41, 5.74) is -0.941. The zero-order valence-electron chi connectivity index (χ0n) is 20.8. The van der Waals surface area contributed by atoms with E-state index in [9.17, 15) is 26.3 Å². The summed E-state index contributed by atoms with van der Waals surface area (Å²) in [5.74, 6) is 1.16. The standard InChI is InChI=1S/C27H24F6N6/c1-16-4-3-11-39(14-16)15-22-37-21-12-17(23-20(27(31,32)33)5-2-10-34-23)13-35-24(21)25(38-22)36-19-8-6-18(7-9-19)26(28,29)30/h2,5-10,12-13,16H,3-4,11,14-15H2,1H3,(H,36,37,38). The van der Waals surface area contributed by atoms with Crippen molar-refractivity contribution < 1.29 is 26.3 Å². The van der Waals surface area contributed by atoms with Gasteiger partial charge in [-0.3, -0.25) is 9.88 Å². The minimum Gasteiger partial charge on any atom is -0.338 e. The number of benzene rings is 1. The van der Waals surface area contributed by atoms with E-state index in [1.165, 1.54) is 36.7 Å². The number of halogens is 6. The molecule has 0 saturated carbocycles. The fraction of sp³-hybridized carbons (Fsp3) is 0.333. The largest absolute Gasteiger partial charge is 0.418 e. The second-order valence-electron chi connectivity index (χ2n) is 9.66. The zero-order chi connectivity index (χ0) is 27.8. The molecule has 204 valence electrons. The first-order valence-corrected chi connectivity index (χ1v) is 12.3. The van der Waals surface area contributed by atoms with E-state index >= 15 is 0 Å². The maximum atomic E-state index is 13.6. The maximum Gasteiger partial charge on any atom is 0.418 e. The van der Waals surface area contributed by atoms with Crippen LogP contribution in [0.3, 0.4) is 0 Å². The van der Waals surface area contributed by atoms with Crippen molar-refractivity contribution in [2.75, 3.05) is 18.4 Å². The molecule has 1 N–H and O–H groups in total. The molecular weight excluding hydrogens is 522 g/mol. The van der Waals surface area contributed by atoms with Gasteiger partial charge in [0.25, 0.3) is 0 Å². The van der Waals surface area contributed by atoms with Gasteiger partial charge < -0.3 is 5.32 Å². The lowest BCUT2D eigenvalue weighted by Gasteiger charge is -2.30. The van der Waals surface area contributed by atoms with Crippen LogP contribution in [0, 0.1) is 5.92 Å².